The molecule has 368 valence electrons. The van der Waals surface area contributed by atoms with Crippen LogP contribution in [-0.4, -0.2) is 37.2 Å². The molecule has 1 unspecified atom stereocenters. The van der Waals surface area contributed by atoms with Crippen molar-refractivity contribution < 1.29 is 28.6 Å². The fourth-order valence-corrected chi connectivity index (χ4v) is 6.29. The molecule has 0 radical (unpaired) electrons. The first-order chi connectivity index (χ1) is 32.5. The molecule has 0 aliphatic carbocycles. The number of hydrogen-bond acceptors (Lipinski definition) is 6. The molecule has 0 rings (SSSR count). The maximum atomic E-state index is 12.8. The largest absolute Gasteiger partial charge is 0.462 e. The van der Waals surface area contributed by atoms with E-state index in [-0.39, 0.29) is 44.0 Å². The molecule has 0 aromatic heterocycles. The predicted molar refractivity (Wildman–Crippen MR) is 283 cm³/mol. The number of carbonyl (C=O) groups is 3. The third-order valence-electron chi connectivity index (χ3n) is 10.1. The Hall–Kier alpha value is -4.71. The van der Waals surface area contributed by atoms with Crippen molar-refractivity contribution in [3.8, 4) is 0 Å². The average molecular weight is 909 g/mol. The van der Waals surface area contributed by atoms with Gasteiger partial charge in [0.2, 0.25) is 0 Å². The minimum atomic E-state index is -0.834. The van der Waals surface area contributed by atoms with Crippen LogP contribution in [0.25, 0.3) is 0 Å². The summed E-state index contributed by atoms with van der Waals surface area (Å²) in [6.07, 6.45) is 75.7. The summed E-state index contributed by atoms with van der Waals surface area (Å²) in [4.78, 5) is 37.8. The monoisotopic (exact) mass is 909 g/mol. The highest BCUT2D eigenvalue weighted by molar-refractivity contribution is 5.71. The van der Waals surface area contributed by atoms with E-state index in [4.69, 9.17) is 14.2 Å². The van der Waals surface area contributed by atoms with E-state index < -0.39 is 6.10 Å². The molecule has 0 saturated heterocycles. The summed E-state index contributed by atoms with van der Waals surface area (Å²) in [6.45, 7) is 6.25. The molecule has 0 N–H and O–H groups in total. The Morgan fingerprint density at radius 2 is 0.591 bits per heavy atom. The van der Waals surface area contributed by atoms with Crippen molar-refractivity contribution in [2.24, 2.45) is 0 Å². The molecule has 6 heteroatoms. The van der Waals surface area contributed by atoms with Crippen LogP contribution in [0.2, 0.25) is 0 Å². The van der Waals surface area contributed by atoms with Gasteiger partial charge in [0.15, 0.2) is 6.10 Å². The van der Waals surface area contributed by atoms with Gasteiger partial charge in [-0.05, 0) is 109 Å². The van der Waals surface area contributed by atoms with Crippen LogP contribution in [0, 0.1) is 0 Å². The highest BCUT2D eigenvalue weighted by Crippen LogP contribution is 2.11. The van der Waals surface area contributed by atoms with Gasteiger partial charge in [-0.2, -0.15) is 0 Å². The van der Waals surface area contributed by atoms with Crippen LogP contribution in [-0.2, 0) is 28.6 Å². The molecule has 0 saturated carbocycles. The quantitative estimate of drug-likeness (QED) is 0.0262. The number of rotatable bonds is 44. The summed E-state index contributed by atoms with van der Waals surface area (Å²) < 4.78 is 16.6. The number of unbranched alkanes of at least 4 members (excludes halogenated alkanes) is 9. The van der Waals surface area contributed by atoms with Gasteiger partial charge in [-0.15, -0.1) is 0 Å². The first kappa shape index (κ1) is 61.3. The third kappa shape index (κ3) is 50.3. The Morgan fingerprint density at radius 1 is 0.318 bits per heavy atom. The smallest absolute Gasteiger partial charge is 0.306 e. The van der Waals surface area contributed by atoms with Crippen molar-refractivity contribution in [2.45, 2.75) is 200 Å². The van der Waals surface area contributed by atoms with E-state index in [0.717, 1.165) is 109 Å². The molecule has 0 aromatic rings. The molecular weight excluding hydrogens is 817 g/mol. The van der Waals surface area contributed by atoms with Gasteiger partial charge < -0.3 is 14.2 Å². The summed E-state index contributed by atoms with van der Waals surface area (Å²) in [5.74, 6) is -1.06. The zero-order chi connectivity index (χ0) is 47.9. The molecule has 0 fully saturated rings. The number of esters is 3. The SMILES string of the molecule is CC/C=C\C/C=C\C/C=C\C/C=C\C/C=C\C/C=C\C/C=C\CCCC(=O)OCC(COC(=O)CCCCCCCCCC)OC(=O)CCC/C=C\C/C=C\C/C=C\C/C=C\C/C=C\CC. The Labute approximate surface area is 404 Å². The van der Waals surface area contributed by atoms with E-state index in [1.165, 1.54) is 32.1 Å². The maximum Gasteiger partial charge on any atom is 0.306 e. The van der Waals surface area contributed by atoms with E-state index in [1.807, 2.05) is 0 Å². The highest BCUT2D eigenvalue weighted by atomic mass is 16.6. The van der Waals surface area contributed by atoms with E-state index in [0.29, 0.717) is 19.3 Å². The van der Waals surface area contributed by atoms with E-state index in [2.05, 4.69) is 167 Å². The predicted octanol–water partition coefficient (Wildman–Crippen LogP) is 17.3. The third-order valence-corrected chi connectivity index (χ3v) is 10.1. The Bertz CT molecular complexity index is 1510. The van der Waals surface area contributed by atoms with Crippen molar-refractivity contribution in [2.75, 3.05) is 13.2 Å². The second kappa shape index (κ2) is 52.9. The lowest BCUT2D eigenvalue weighted by Gasteiger charge is -2.18. The summed E-state index contributed by atoms with van der Waals surface area (Å²) in [6, 6.07) is 0. The summed E-state index contributed by atoms with van der Waals surface area (Å²) in [5.41, 5.74) is 0. The van der Waals surface area contributed by atoms with E-state index in [9.17, 15) is 14.4 Å². The van der Waals surface area contributed by atoms with Gasteiger partial charge in [0.1, 0.15) is 13.2 Å². The van der Waals surface area contributed by atoms with E-state index >= 15 is 0 Å². The average Bonchev–Trinajstić information content (AvgIpc) is 3.31. The van der Waals surface area contributed by atoms with Crippen molar-refractivity contribution in [3.63, 3.8) is 0 Å². The van der Waals surface area contributed by atoms with Crippen molar-refractivity contribution in [1.29, 1.82) is 0 Å². The molecule has 0 heterocycles. The van der Waals surface area contributed by atoms with Gasteiger partial charge in [-0.3, -0.25) is 14.4 Å². The number of carbonyl (C=O) groups excluding carboxylic acids is 3. The van der Waals surface area contributed by atoms with Crippen molar-refractivity contribution >= 4 is 17.9 Å². The zero-order valence-corrected chi connectivity index (χ0v) is 41.9. The van der Waals surface area contributed by atoms with Crippen LogP contribution in [0.4, 0.5) is 0 Å². The number of allylic oxidation sites excluding steroid dienone is 24. The Balaban J connectivity index is 4.51. The normalized spacial score (nSPS) is 13.3. The lowest BCUT2D eigenvalue weighted by Crippen LogP contribution is -2.30. The molecule has 0 amide bonds. The molecule has 1 atom stereocenters. The van der Waals surface area contributed by atoms with Gasteiger partial charge in [-0.1, -0.05) is 212 Å². The Morgan fingerprint density at radius 3 is 0.924 bits per heavy atom. The fraction of sp³-hybridized carbons (Fsp3) is 0.550. The molecule has 6 nitrogen and oxygen atoms in total. The van der Waals surface area contributed by atoms with Crippen LogP contribution in [0.1, 0.15) is 194 Å². The molecule has 66 heavy (non-hydrogen) atoms. The van der Waals surface area contributed by atoms with Crippen LogP contribution < -0.4 is 0 Å². The molecule has 0 aliphatic heterocycles. The number of ether oxygens (including phenoxy) is 3. The summed E-state index contributed by atoms with van der Waals surface area (Å²) in [5, 5.41) is 0. The molecule has 0 bridgehead atoms. The molecule has 0 spiro atoms. The van der Waals surface area contributed by atoms with Gasteiger partial charge in [0, 0.05) is 19.3 Å². The van der Waals surface area contributed by atoms with Crippen LogP contribution >= 0.6 is 0 Å². The van der Waals surface area contributed by atoms with Crippen LogP contribution in [0.15, 0.2) is 146 Å². The first-order valence-electron chi connectivity index (χ1n) is 25.8. The lowest BCUT2D eigenvalue weighted by atomic mass is 10.1. The lowest BCUT2D eigenvalue weighted by molar-refractivity contribution is -0.167. The van der Waals surface area contributed by atoms with Gasteiger partial charge in [0.05, 0.1) is 0 Å². The molecule has 0 aromatic carbocycles. The molecule has 0 aliphatic rings. The second-order valence-electron chi connectivity index (χ2n) is 16.3. The highest BCUT2D eigenvalue weighted by Gasteiger charge is 2.19. The Kier molecular flexibility index (Phi) is 49.1. The van der Waals surface area contributed by atoms with Crippen LogP contribution in [0.3, 0.4) is 0 Å². The van der Waals surface area contributed by atoms with Gasteiger partial charge in [-0.25, -0.2) is 0 Å². The topological polar surface area (TPSA) is 78.9 Å². The number of hydrogen-bond donors (Lipinski definition) is 0. The second-order valence-corrected chi connectivity index (χ2v) is 16.3. The fourth-order valence-electron chi connectivity index (χ4n) is 6.29. The molecular formula is C60H92O6. The first-order valence-corrected chi connectivity index (χ1v) is 25.8. The van der Waals surface area contributed by atoms with Gasteiger partial charge in [0.25, 0.3) is 0 Å². The standard InChI is InChI=1S/C60H92O6/c1-4-7-10-13-16-19-21-23-25-27-28-29-30-31-32-34-35-37-39-41-44-47-50-53-59(62)65-56-57(55-64-58(61)52-49-46-43-18-15-12-9-6-3)66-60(63)54-51-48-45-42-40-38-36-33-26-24-22-20-17-14-11-8-5-2/h7-8,10-11,16-17,19-20,23-26,28-29,31-32,35-38,41-42,44-45,57H,4-6,9,12-15,18,21-22,27,30,33-34,39-40,43,46-56H2,1-3H3/b10-7-,11-8-,19-16-,20-17-,25-23-,26-24-,29-28-,32-31-,37-35-,38-36-,44-41-,45-42-. The minimum absolute atomic E-state index is 0.124. The van der Waals surface area contributed by atoms with Crippen molar-refractivity contribution in [1.82, 2.24) is 0 Å². The zero-order valence-electron chi connectivity index (χ0n) is 41.9. The van der Waals surface area contributed by atoms with E-state index in [1.54, 1.807) is 0 Å². The summed E-state index contributed by atoms with van der Waals surface area (Å²) in [7, 11) is 0. The van der Waals surface area contributed by atoms with Crippen LogP contribution in [0.5, 0.6) is 0 Å². The minimum Gasteiger partial charge on any atom is -0.462 e. The summed E-state index contributed by atoms with van der Waals surface area (Å²) >= 11 is 0. The van der Waals surface area contributed by atoms with Gasteiger partial charge >= 0.3 is 17.9 Å². The van der Waals surface area contributed by atoms with Crippen molar-refractivity contribution in [3.05, 3.63) is 146 Å². The maximum absolute atomic E-state index is 12.8.